The lowest BCUT2D eigenvalue weighted by Gasteiger charge is -2.50. The summed E-state index contributed by atoms with van der Waals surface area (Å²) in [6.07, 6.45) is 20.7. The van der Waals surface area contributed by atoms with E-state index in [1.165, 1.54) is 94.5 Å². The van der Waals surface area contributed by atoms with Crippen LogP contribution in [0.2, 0.25) is 0 Å². The molecule has 5 aromatic carbocycles. The number of carbonyl (C=O) groups is 3. The topological polar surface area (TPSA) is 138 Å². The number of ether oxygens (including phenoxy) is 4. The summed E-state index contributed by atoms with van der Waals surface area (Å²) in [5.74, 6) is -0.606. The summed E-state index contributed by atoms with van der Waals surface area (Å²) in [4.78, 5) is 60.0. The predicted molar refractivity (Wildman–Crippen MR) is 309 cm³/mol. The quantitative estimate of drug-likeness (QED) is 0.0247. The lowest BCUT2D eigenvalue weighted by molar-refractivity contribution is -0.171. The Balaban J connectivity index is 0.927. The molecular weight excluding hydrogens is 977 g/mol. The number of rotatable bonds is 32. The molecule has 2 heterocycles. The third kappa shape index (κ3) is 17.3. The standard InChI is InChI=1S/C66H82N4O8/c1-4-5-6-7-8-9-10-11-12-13-14-15-16-17-18-31-44-75-59-46-53(45-51(2)52(59)3)49-76-62(71)40-41-63(72)77-50-58-47-69(48-61(78-58)70-43-42-60(68-65(70)74)67-64(73)54-32-23-19-24-33-54)66(55-34-25-20-26-35-55,56-36-27-21-28-37-56)57-38-29-22-30-39-57/h19-30,32-39,42-43,45-46,58,61H,4-18,31,40-41,44,47-50H2,1-3H3,(H,67,68,73,74)/t58-,61+/m0/s1. The van der Waals surface area contributed by atoms with Crippen LogP contribution in [0.15, 0.2) is 151 Å². The second kappa shape index (κ2) is 31.5. The van der Waals surface area contributed by atoms with Crippen molar-refractivity contribution in [1.29, 1.82) is 0 Å². The van der Waals surface area contributed by atoms with Gasteiger partial charge in [-0.25, -0.2) is 4.79 Å². The van der Waals surface area contributed by atoms with Crippen LogP contribution >= 0.6 is 0 Å². The molecule has 0 bridgehead atoms. The highest BCUT2D eigenvalue weighted by Crippen LogP contribution is 2.44. The molecule has 0 spiro atoms. The number of amides is 1. The number of benzene rings is 5. The zero-order valence-electron chi connectivity index (χ0n) is 46.4. The van der Waals surface area contributed by atoms with Crippen LogP contribution in [0.25, 0.3) is 0 Å². The van der Waals surface area contributed by atoms with Crippen molar-refractivity contribution in [2.45, 2.75) is 161 Å². The van der Waals surface area contributed by atoms with Crippen LogP contribution in [0.1, 0.15) is 172 Å². The van der Waals surface area contributed by atoms with Gasteiger partial charge in [0.15, 0.2) is 6.23 Å². The van der Waals surface area contributed by atoms with Gasteiger partial charge >= 0.3 is 17.6 Å². The summed E-state index contributed by atoms with van der Waals surface area (Å²) in [5, 5.41) is 2.72. The fraction of sp³-hybridized carbons (Fsp3) is 0.439. The lowest BCUT2D eigenvalue weighted by atomic mass is 9.75. The molecule has 0 saturated carbocycles. The first kappa shape index (κ1) is 58.8. The van der Waals surface area contributed by atoms with E-state index in [1.807, 2.05) is 86.6 Å². The molecule has 1 N–H and O–H groups in total. The van der Waals surface area contributed by atoms with E-state index in [1.54, 1.807) is 36.5 Å². The number of unbranched alkanes of at least 4 members (excludes halogenated alkanes) is 15. The van der Waals surface area contributed by atoms with Crippen molar-refractivity contribution in [1.82, 2.24) is 14.5 Å². The number of hydrogen-bond acceptors (Lipinski definition) is 10. The van der Waals surface area contributed by atoms with Gasteiger partial charge in [0, 0.05) is 24.8 Å². The van der Waals surface area contributed by atoms with Gasteiger partial charge in [-0.1, -0.05) is 218 Å². The Morgan fingerprint density at radius 1 is 0.628 bits per heavy atom. The number of hydrogen-bond donors (Lipinski definition) is 1. The van der Waals surface area contributed by atoms with E-state index >= 15 is 0 Å². The van der Waals surface area contributed by atoms with Gasteiger partial charge in [-0.2, -0.15) is 4.98 Å². The molecule has 414 valence electrons. The number of aryl methyl sites for hydroxylation is 1. The average Bonchev–Trinajstić information content (AvgIpc) is 3.65. The second-order valence-corrected chi connectivity index (χ2v) is 20.8. The molecule has 78 heavy (non-hydrogen) atoms. The van der Waals surface area contributed by atoms with Gasteiger partial charge in [0.1, 0.15) is 30.9 Å². The molecule has 1 fully saturated rings. The van der Waals surface area contributed by atoms with Gasteiger partial charge in [-0.15, -0.1) is 0 Å². The Morgan fingerprint density at radius 2 is 1.13 bits per heavy atom. The number of morpholine rings is 1. The molecule has 0 unspecified atom stereocenters. The molecule has 1 amide bonds. The Hall–Kier alpha value is -6.89. The first-order chi connectivity index (χ1) is 38.1. The van der Waals surface area contributed by atoms with E-state index in [0.717, 1.165) is 52.0 Å². The van der Waals surface area contributed by atoms with Gasteiger partial charge in [0.2, 0.25) is 0 Å². The monoisotopic (exact) mass is 1060 g/mol. The molecule has 7 rings (SSSR count). The van der Waals surface area contributed by atoms with E-state index in [9.17, 15) is 19.2 Å². The number of nitrogens with zero attached hydrogens (tertiary/aromatic N) is 3. The van der Waals surface area contributed by atoms with Crippen LogP contribution in [-0.4, -0.2) is 64.7 Å². The number of aromatic nitrogens is 2. The van der Waals surface area contributed by atoms with Crippen molar-refractivity contribution < 1.29 is 33.3 Å². The molecule has 6 aromatic rings. The number of nitrogens with one attached hydrogen (secondary N) is 1. The van der Waals surface area contributed by atoms with Crippen molar-refractivity contribution in [3.05, 3.63) is 195 Å². The molecule has 0 aliphatic carbocycles. The first-order valence-corrected chi connectivity index (χ1v) is 28.7. The lowest BCUT2D eigenvalue weighted by Crippen LogP contribution is -2.58. The smallest absolute Gasteiger partial charge is 0.351 e. The van der Waals surface area contributed by atoms with Crippen LogP contribution in [0.5, 0.6) is 5.75 Å². The normalized spacial score (nSPS) is 14.7. The second-order valence-electron chi connectivity index (χ2n) is 20.8. The van der Waals surface area contributed by atoms with E-state index in [-0.39, 0.29) is 38.4 Å². The third-order valence-corrected chi connectivity index (χ3v) is 14.9. The Labute approximate surface area is 462 Å². The van der Waals surface area contributed by atoms with E-state index in [2.05, 4.69) is 58.5 Å². The molecule has 0 radical (unpaired) electrons. The third-order valence-electron chi connectivity index (χ3n) is 14.9. The first-order valence-electron chi connectivity index (χ1n) is 28.7. The molecule has 1 aliphatic heterocycles. The highest BCUT2D eigenvalue weighted by Gasteiger charge is 2.46. The maximum absolute atomic E-state index is 14.0. The molecule has 2 atom stereocenters. The van der Waals surface area contributed by atoms with Crippen molar-refractivity contribution in [3.63, 3.8) is 0 Å². The molecule has 1 saturated heterocycles. The van der Waals surface area contributed by atoms with Crippen molar-refractivity contribution >= 4 is 23.7 Å². The van der Waals surface area contributed by atoms with Crippen molar-refractivity contribution in [2.75, 3.05) is 31.6 Å². The fourth-order valence-corrected chi connectivity index (χ4v) is 10.6. The van der Waals surface area contributed by atoms with Crippen LogP contribution in [-0.2, 0) is 35.9 Å². The maximum atomic E-state index is 14.0. The molecule has 1 aliphatic rings. The van der Waals surface area contributed by atoms with Gasteiger partial charge in [-0.05, 0) is 77.9 Å². The zero-order chi connectivity index (χ0) is 54.8. The minimum absolute atomic E-state index is 0.0537. The van der Waals surface area contributed by atoms with Gasteiger partial charge in [0.05, 0.1) is 25.0 Å². The summed E-state index contributed by atoms with van der Waals surface area (Å²) < 4.78 is 25.9. The number of esters is 2. The van der Waals surface area contributed by atoms with E-state index in [0.29, 0.717) is 18.7 Å². The average molecular weight is 1060 g/mol. The highest BCUT2D eigenvalue weighted by atomic mass is 16.6. The highest BCUT2D eigenvalue weighted by molar-refractivity contribution is 6.03. The van der Waals surface area contributed by atoms with E-state index in [4.69, 9.17) is 18.9 Å². The summed E-state index contributed by atoms with van der Waals surface area (Å²) >= 11 is 0. The molecular formula is C66H82N4O8. The Morgan fingerprint density at radius 3 is 1.65 bits per heavy atom. The maximum Gasteiger partial charge on any atom is 0.351 e. The molecule has 12 heteroatoms. The summed E-state index contributed by atoms with van der Waals surface area (Å²) in [6, 6.07) is 44.7. The van der Waals surface area contributed by atoms with Crippen LogP contribution in [0, 0.1) is 13.8 Å². The minimum Gasteiger partial charge on any atom is -0.493 e. The Kier molecular flexibility index (Phi) is 23.7. The predicted octanol–water partition coefficient (Wildman–Crippen LogP) is 14.0. The number of anilines is 1. The largest absolute Gasteiger partial charge is 0.493 e. The summed E-state index contributed by atoms with van der Waals surface area (Å²) in [7, 11) is 0. The van der Waals surface area contributed by atoms with Crippen LogP contribution in [0.4, 0.5) is 5.82 Å². The molecule has 12 nitrogen and oxygen atoms in total. The van der Waals surface area contributed by atoms with Gasteiger partial charge < -0.3 is 24.3 Å². The number of carbonyl (C=O) groups excluding carboxylic acids is 3. The Bertz CT molecular complexity index is 2710. The zero-order valence-corrected chi connectivity index (χ0v) is 46.4. The van der Waals surface area contributed by atoms with Crippen molar-refractivity contribution in [3.8, 4) is 5.75 Å². The summed E-state index contributed by atoms with van der Waals surface area (Å²) in [5.41, 5.74) is 4.79. The minimum atomic E-state index is -0.901. The van der Waals surface area contributed by atoms with Gasteiger partial charge in [0.25, 0.3) is 5.91 Å². The SMILES string of the molecule is CCCCCCCCCCCCCCCCCCOc1cc(COC(=O)CCC(=O)OC[C@@H]2CN(C(c3ccccc3)(c3ccccc3)c3ccccc3)C[C@H](n3ccc(NC(=O)c4ccccc4)nc3=O)O2)cc(C)c1C. The van der Waals surface area contributed by atoms with Crippen LogP contribution < -0.4 is 15.7 Å². The van der Waals surface area contributed by atoms with E-state index < -0.39 is 41.4 Å². The van der Waals surface area contributed by atoms with Crippen LogP contribution in [0.3, 0.4) is 0 Å². The fourth-order valence-electron chi connectivity index (χ4n) is 10.6. The van der Waals surface area contributed by atoms with Gasteiger partial charge in [-0.3, -0.25) is 23.9 Å². The molecule has 1 aromatic heterocycles. The summed E-state index contributed by atoms with van der Waals surface area (Å²) in [6.45, 7) is 7.40. The van der Waals surface area contributed by atoms with Crippen molar-refractivity contribution in [2.24, 2.45) is 0 Å².